The van der Waals surface area contributed by atoms with E-state index in [1.807, 2.05) is 32.9 Å². The molecule has 0 spiro atoms. The molecule has 0 unspecified atom stereocenters. The van der Waals surface area contributed by atoms with Gasteiger partial charge in [-0.15, -0.1) is 0 Å². The fourth-order valence-electron chi connectivity index (χ4n) is 4.60. The summed E-state index contributed by atoms with van der Waals surface area (Å²) in [6.45, 7) is 8.48. The molecule has 2 amide bonds. The second kappa shape index (κ2) is 10.9. The highest BCUT2D eigenvalue weighted by Crippen LogP contribution is 2.33. The molecule has 2 aliphatic rings. The van der Waals surface area contributed by atoms with Crippen molar-refractivity contribution >= 4 is 23.3 Å². The molecule has 2 heterocycles. The molecule has 0 bridgehead atoms. The van der Waals surface area contributed by atoms with E-state index < -0.39 is 0 Å². The molecule has 2 aliphatic heterocycles. The molecular weight excluding hydrogens is 448 g/mol. The number of rotatable bonds is 8. The minimum Gasteiger partial charge on any atom is -0.485 e. The van der Waals surface area contributed by atoms with Gasteiger partial charge in [0.1, 0.15) is 11.5 Å². The Bertz CT molecular complexity index is 1100. The van der Waals surface area contributed by atoms with Crippen molar-refractivity contribution in [3.63, 3.8) is 0 Å². The standard InChI is InChI=1S/C27H32N2O6/c1-18-13-19(2)27(20(3)14-18)35-16-23(30)21-6-7-24-22(15-21)29(26(32)17-34-24)8-4-5-25(31)28-9-11-33-12-10-28/h6-7,13-15H,4-5,8-12,16-17H2,1-3H3. The minimum absolute atomic E-state index is 0.0627. The number of fused-ring (bicyclic) bond motifs is 1. The van der Waals surface area contributed by atoms with Crippen molar-refractivity contribution in [1.29, 1.82) is 0 Å². The number of hydrogen-bond acceptors (Lipinski definition) is 6. The fraction of sp³-hybridized carbons (Fsp3) is 0.444. The molecule has 2 aromatic carbocycles. The summed E-state index contributed by atoms with van der Waals surface area (Å²) in [6.07, 6.45) is 0.871. The summed E-state index contributed by atoms with van der Waals surface area (Å²) >= 11 is 0. The van der Waals surface area contributed by atoms with Crippen LogP contribution in [0.5, 0.6) is 11.5 Å². The summed E-state index contributed by atoms with van der Waals surface area (Å²) in [5, 5.41) is 0. The van der Waals surface area contributed by atoms with E-state index in [2.05, 4.69) is 0 Å². The van der Waals surface area contributed by atoms with Gasteiger partial charge in [-0.05, 0) is 56.5 Å². The molecule has 0 aromatic heterocycles. The van der Waals surface area contributed by atoms with Crippen molar-refractivity contribution in [1.82, 2.24) is 4.90 Å². The van der Waals surface area contributed by atoms with Crippen LogP contribution in [0.3, 0.4) is 0 Å². The van der Waals surface area contributed by atoms with Crippen LogP contribution in [0, 0.1) is 20.8 Å². The predicted molar refractivity (Wildman–Crippen MR) is 131 cm³/mol. The van der Waals surface area contributed by atoms with Crippen LogP contribution in [0.2, 0.25) is 0 Å². The van der Waals surface area contributed by atoms with E-state index in [0.29, 0.717) is 68.4 Å². The summed E-state index contributed by atoms with van der Waals surface area (Å²) in [7, 11) is 0. The molecule has 0 atom stereocenters. The van der Waals surface area contributed by atoms with Gasteiger partial charge in [0.25, 0.3) is 5.91 Å². The fourth-order valence-corrected chi connectivity index (χ4v) is 4.60. The third-order valence-electron chi connectivity index (χ3n) is 6.31. The molecule has 4 rings (SSSR count). The minimum atomic E-state index is -0.192. The first-order valence-electron chi connectivity index (χ1n) is 12.0. The highest BCUT2D eigenvalue weighted by Gasteiger charge is 2.27. The number of hydrogen-bond donors (Lipinski definition) is 0. The smallest absolute Gasteiger partial charge is 0.265 e. The number of Topliss-reactive ketones (excluding diaryl/α,β-unsaturated/α-hetero) is 1. The van der Waals surface area contributed by atoms with Crippen molar-refractivity contribution in [3.8, 4) is 11.5 Å². The Morgan fingerprint density at radius 1 is 1.03 bits per heavy atom. The first kappa shape index (κ1) is 24.7. The van der Waals surface area contributed by atoms with Crippen molar-refractivity contribution in [2.75, 3.05) is 51.0 Å². The second-order valence-electron chi connectivity index (χ2n) is 9.05. The number of benzene rings is 2. The molecule has 2 aromatic rings. The van der Waals surface area contributed by atoms with Gasteiger partial charge in [0.05, 0.1) is 18.9 Å². The van der Waals surface area contributed by atoms with Crippen LogP contribution in [-0.4, -0.2) is 68.6 Å². The molecule has 0 saturated carbocycles. The zero-order valence-corrected chi connectivity index (χ0v) is 20.6. The summed E-state index contributed by atoms with van der Waals surface area (Å²) in [5.41, 5.74) is 4.10. The van der Waals surface area contributed by atoms with Gasteiger partial charge in [-0.25, -0.2) is 0 Å². The maximum atomic E-state index is 12.9. The summed E-state index contributed by atoms with van der Waals surface area (Å²) < 4.78 is 16.7. The Morgan fingerprint density at radius 3 is 2.46 bits per heavy atom. The van der Waals surface area contributed by atoms with E-state index in [-0.39, 0.29) is 30.8 Å². The summed E-state index contributed by atoms with van der Waals surface area (Å²) in [6, 6.07) is 9.13. The Hall–Kier alpha value is -3.39. The van der Waals surface area contributed by atoms with Crippen molar-refractivity contribution in [2.24, 2.45) is 0 Å². The maximum absolute atomic E-state index is 12.9. The number of ketones is 1. The number of ether oxygens (including phenoxy) is 3. The van der Waals surface area contributed by atoms with Gasteiger partial charge < -0.3 is 24.0 Å². The highest BCUT2D eigenvalue weighted by molar-refractivity contribution is 6.02. The van der Waals surface area contributed by atoms with E-state index >= 15 is 0 Å². The van der Waals surface area contributed by atoms with Crippen molar-refractivity contribution < 1.29 is 28.6 Å². The van der Waals surface area contributed by atoms with Crippen LogP contribution >= 0.6 is 0 Å². The molecule has 35 heavy (non-hydrogen) atoms. The number of amides is 2. The van der Waals surface area contributed by atoms with Gasteiger partial charge >= 0.3 is 0 Å². The lowest BCUT2D eigenvalue weighted by Crippen LogP contribution is -2.42. The van der Waals surface area contributed by atoms with Gasteiger partial charge in [0.2, 0.25) is 5.91 Å². The normalized spacial score (nSPS) is 15.5. The Labute approximate surface area is 205 Å². The first-order valence-corrected chi connectivity index (χ1v) is 12.0. The molecular formula is C27H32N2O6. The number of carbonyl (C=O) groups excluding carboxylic acids is 3. The van der Waals surface area contributed by atoms with E-state index in [1.165, 1.54) is 0 Å². The van der Waals surface area contributed by atoms with E-state index in [4.69, 9.17) is 14.2 Å². The van der Waals surface area contributed by atoms with Gasteiger partial charge in [-0.3, -0.25) is 14.4 Å². The Kier molecular flexibility index (Phi) is 7.70. The van der Waals surface area contributed by atoms with E-state index in [9.17, 15) is 14.4 Å². The quantitative estimate of drug-likeness (QED) is 0.540. The molecule has 8 nitrogen and oxygen atoms in total. The molecule has 0 N–H and O–H groups in total. The number of anilines is 1. The van der Waals surface area contributed by atoms with Crippen molar-refractivity contribution in [2.45, 2.75) is 33.6 Å². The third-order valence-corrected chi connectivity index (χ3v) is 6.31. The zero-order chi connectivity index (χ0) is 24.9. The molecule has 8 heteroatoms. The maximum Gasteiger partial charge on any atom is 0.265 e. The highest BCUT2D eigenvalue weighted by atomic mass is 16.5. The van der Waals surface area contributed by atoms with E-state index in [0.717, 1.165) is 16.7 Å². The van der Waals surface area contributed by atoms with Gasteiger partial charge in [-0.1, -0.05) is 17.7 Å². The van der Waals surface area contributed by atoms with Gasteiger partial charge in [0.15, 0.2) is 19.0 Å². The average molecular weight is 481 g/mol. The topological polar surface area (TPSA) is 85.4 Å². The van der Waals surface area contributed by atoms with Crippen LogP contribution < -0.4 is 14.4 Å². The largest absolute Gasteiger partial charge is 0.485 e. The monoisotopic (exact) mass is 480 g/mol. The van der Waals surface area contributed by atoms with Gasteiger partial charge in [0, 0.05) is 31.6 Å². The molecule has 1 saturated heterocycles. The Morgan fingerprint density at radius 2 is 1.74 bits per heavy atom. The van der Waals surface area contributed by atoms with Crippen LogP contribution in [0.25, 0.3) is 0 Å². The van der Waals surface area contributed by atoms with Crippen LogP contribution in [-0.2, 0) is 14.3 Å². The SMILES string of the molecule is Cc1cc(C)c(OCC(=O)c2ccc3c(c2)N(CCCC(=O)N2CCOCC2)C(=O)CO3)c(C)c1. The predicted octanol–water partition coefficient (Wildman–Crippen LogP) is 3.24. The molecule has 1 fully saturated rings. The third kappa shape index (κ3) is 5.82. The average Bonchev–Trinajstić information content (AvgIpc) is 2.84. The summed E-state index contributed by atoms with van der Waals surface area (Å²) in [4.78, 5) is 41.4. The lowest BCUT2D eigenvalue weighted by Gasteiger charge is -2.30. The molecule has 186 valence electrons. The number of nitrogens with zero attached hydrogens (tertiary/aromatic N) is 2. The molecule has 0 radical (unpaired) electrons. The first-order chi connectivity index (χ1) is 16.8. The number of carbonyl (C=O) groups is 3. The lowest BCUT2D eigenvalue weighted by atomic mass is 10.1. The van der Waals surface area contributed by atoms with Crippen molar-refractivity contribution in [3.05, 3.63) is 52.6 Å². The second-order valence-corrected chi connectivity index (χ2v) is 9.05. The Balaban J connectivity index is 1.41. The number of aryl methyl sites for hydroxylation is 3. The van der Waals surface area contributed by atoms with Crippen LogP contribution in [0.4, 0.5) is 5.69 Å². The summed E-state index contributed by atoms with van der Waals surface area (Å²) in [5.74, 6) is 0.950. The van der Waals surface area contributed by atoms with E-state index in [1.54, 1.807) is 28.0 Å². The van der Waals surface area contributed by atoms with Crippen LogP contribution in [0.1, 0.15) is 39.9 Å². The molecule has 0 aliphatic carbocycles. The van der Waals surface area contributed by atoms with Crippen LogP contribution in [0.15, 0.2) is 30.3 Å². The lowest BCUT2D eigenvalue weighted by molar-refractivity contribution is -0.135. The van der Waals surface area contributed by atoms with Gasteiger partial charge in [-0.2, -0.15) is 0 Å². The number of morpholine rings is 1. The zero-order valence-electron chi connectivity index (χ0n) is 20.6.